The molecule has 1 amide bonds. The fourth-order valence-electron chi connectivity index (χ4n) is 4.73. The number of aryl methyl sites for hydroxylation is 2. The highest BCUT2D eigenvalue weighted by Gasteiger charge is 2.39. The average Bonchev–Trinajstić information content (AvgIpc) is 3.06. The van der Waals surface area contributed by atoms with E-state index in [1.807, 2.05) is 20.0 Å². The largest absolute Gasteiger partial charge is 0.337 e. The van der Waals surface area contributed by atoms with Crippen molar-refractivity contribution in [1.29, 1.82) is 0 Å². The fraction of sp³-hybridized carbons (Fsp3) is 0.632. The van der Waals surface area contributed by atoms with E-state index in [-0.39, 0.29) is 5.91 Å². The molecule has 2 saturated heterocycles. The SMILES string of the molecule is Cc1cc(C(=O)N2CC[C@H]3CC[C@H](C2)N3C(C)C)c2cnn(C)c2n1. The van der Waals surface area contributed by atoms with Gasteiger partial charge in [0.05, 0.1) is 17.1 Å². The Morgan fingerprint density at radius 1 is 1.24 bits per heavy atom. The molecule has 2 fully saturated rings. The Kier molecular flexibility index (Phi) is 4.02. The first-order valence-electron chi connectivity index (χ1n) is 9.31. The molecule has 4 rings (SSSR count). The fourth-order valence-corrected chi connectivity index (χ4v) is 4.73. The molecule has 2 aliphatic rings. The molecule has 4 heterocycles. The van der Waals surface area contributed by atoms with Gasteiger partial charge in [0.15, 0.2) is 5.65 Å². The van der Waals surface area contributed by atoms with Crippen LogP contribution in [0.1, 0.15) is 49.2 Å². The van der Waals surface area contributed by atoms with Crippen LogP contribution in [0.3, 0.4) is 0 Å². The van der Waals surface area contributed by atoms with Crippen LogP contribution in [0.5, 0.6) is 0 Å². The number of pyridine rings is 1. The molecule has 0 aromatic carbocycles. The van der Waals surface area contributed by atoms with Gasteiger partial charge in [-0.05, 0) is 46.1 Å². The molecule has 0 radical (unpaired) electrons. The maximum atomic E-state index is 13.3. The summed E-state index contributed by atoms with van der Waals surface area (Å²) in [5, 5.41) is 5.15. The van der Waals surface area contributed by atoms with Crippen molar-refractivity contribution in [3.05, 3.63) is 23.5 Å². The Morgan fingerprint density at radius 3 is 2.76 bits per heavy atom. The molecule has 2 aliphatic heterocycles. The molecular formula is C19H27N5O. The first-order chi connectivity index (χ1) is 12.0. The van der Waals surface area contributed by atoms with E-state index in [9.17, 15) is 4.79 Å². The molecular weight excluding hydrogens is 314 g/mol. The smallest absolute Gasteiger partial charge is 0.254 e. The molecule has 6 heteroatoms. The zero-order chi connectivity index (χ0) is 17.7. The molecule has 6 nitrogen and oxygen atoms in total. The maximum absolute atomic E-state index is 13.3. The van der Waals surface area contributed by atoms with Crippen LogP contribution in [0.2, 0.25) is 0 Å². The van der Waals surface area contributed by atoms with Crippen molar-refractivity contribution in [3.63, 3.8) is 0 Å². The zero-order valence-corrected chi connectivity index (χ0v) is 15.6. The number of rotatable bonds is 2. The number of hydrogen-bond donors (Lipinski definition) is 0. The summed E-state index contributed by atoms with van der Waals surface area (Å²) in [7, 11) is 1.87. The average molecular weight is 341 g/mol. The number of aromatic nitrogens is 3. The molecule has 2 atom stereocenters. The van der Waals surface area contributed by atoms with Gasteiger partial charge in [-0.1, -0.05) is 0 Å². The van der Waals surface area contributed by atoms with Crippen molar-refractivity contribution in [2.45, 2.75) is 58.2 Å². The number of carbonyl (C=O) groups excluding carboxylic acids is 1. The van der Waals surface area contributed by atoms with Crippen molar-refractivity contribution in [2.24, 2.45) is 7.05 Å². The second-order valence-electron chi connectivity index (χ2n) is 7.78. The minimum Gasteiger partial charge on any atom is -0.337 e. The standard InChI is InChI=1S/C19H27N5O/c1-12(2)24-14-5-6-15(24)11-23(8-7-14)19(25)16-9-13(3)21-18-17(16)10-20-22(18)4/h9-10,12,14-15H,5-8,11H2,1-4H3/t14-,15-/m1/s1. The van der Waals surface area contributed by atoms with Crippen LogP contribution in [-0.2, 0) is 7.05 Å². The van der Waals surface area contributed by atoms with Gasteiger partial charge in [-0.25, -0.2) is 4.98 Å². The molecule has 2 aromatic rings. The highest BCUT2D eigenvalue weighted by molar-refractivity contribution is 6.05. The zero-order valence-electron chi connectivity index (χ0n) is 15.6. The maximum Gasteiger partial charge on any atom is 0.254 e. The third-order valence-electron chi connectivity index (χ3n) is 5.79. The lowest BCUT2D eigenvalue weighted by molar-refractivity contribution is 0.0730. The summed E-state index contributed by atoms with van der Waals surface area (Å²) in [5.41, 5.74) is 2.38. The van der Waals surface area contributed by atoms with Crippen LogP contribution in [0, 0.1) is 6.92 Å². The molecule has 0 N–H and O–H groups in total. The van der Waals surface area contributed by atoms with Gasteiger partial charge in [0.1, 0.15) is 0 Å². The minimum absolute atomic E-state index is 0.125. The lowest BCUT2D eigenvalue weighted by Crippen LogP contribution is -2.44. The molecule has 0 unspecified atom stereocenters. The predicted octanol–water partition coefficient (Wildman–Crippen LogP) is 2.36. The van der Waals surface area contributed by atoms with Gasteiger partial charge in [-0.3, -0.25) is 14.4 Å². The Hall–Kier alpha value is -1.95. The molecule has 134 valence electrons. The number of amides is 1. The lowest BCUT2D eigenvalue weighted by Gasteiger charge is -2.32. The van der Waals surface area contributed by atoms with E-state index in [0.717, 1.165) is 41.8 Å². The monoisotopic (exact) mass is 341 g/mol. The van der Waals surface area contributed by atoms with Crippen LogP contribution >= 0.6 is 0 Å². The number of nitrogens with zero attached hydrogens (tertiary/aromatic N) is 5. The second kappa shape index (κ2) is 6.09. The first kappa shape index (κ1) is 16.5. The summed E-state index contributed by atoms with van der Waals surface area (Å²) >= 11 is 0. The summed E-state index contributed by atoms with van der Waals surface area (Å²) in [4.78, 5) is 22.5. The van der Waals surface area contributed by atoms with Crippen LogP contribution in [-0.4, -0.2) is 61.7 Å². The molecule has 0 spiro atoms. The van der Waals surface area contributed by atoms with E-state index >= 15 is 0 Å². The third kappa shape index (κ3) is 2.72. The van der Waals surface area contributed by atoms with E-state index in [0.29, 0.717) is 18.1 Å². The van der Waals surface area contributed by atoms with Crippen molar-refractivity contribution in [2.75, 3.05) is 13.1 Å². The highest BCUT2D eigenvalue weighted by atomic mass is 16.2. The van der Waals surface area contributed by atoms with Gasteiger partial charge in [0.2, 0.25) is 0 Å². The second-order valence-corrected chi connectivity index (χ2v) is 7.78. The van der Waals surface area contributed by atoms with Crippen molar-refractivity contribution in [3.8, 4) is 0 Å². The van der Waals surface area contributed by atoms with E-state index in [1.54, 1.807) is 10.9 Å². The summed E-state index contributed by atoms with van der Waals surface area (Å²) in [6, 6.07) is 3.57. The van der Waals surface area contributed by atoms with Gasteiger partial charge in [-0.2, -0.15) is 5.10 Å². The van der Waals surface area contributed by atoms with Crippen molar-refractivity contribution in [1.82, 2.24) is 24.6 Å². The van der Waals surface area contributed by atoms with Crippen molar-refractivity contribution < 1.29 is 4.79 Å². The van der Waals surface area contributed by atoms with Gasteiger partial charge in [0.25, 0.3) is 5.91 Å². The van der Waals surface area contributed by atoms with E-state index in [2.05, 4.69) is 33.7 Å². The topological polar surface area (TPSA) is 54.3 Å². The summed E-state index contributed by atoms with van der Waals surface area (Å²) in [5.74, 6) is 0.125. The molecule has 25 heavy (non-hydrogen) atoms. The lowest BCUT2D eigenvalue weighted by atomic mass is 10.1. The van der Waals surface area contributed by atoms with Gasteiger partial charge in [0, 0.05) is 44.0 Å². The van der Waals surface area contributed by atoms with Crippen molar-refractivity contribution >= 4 is 16.9 Å². The van der Waals surface area contributed by atoms with Crippen LogP contribution in [0.15, 0.2) is 12.3 Å². The summed E-state index contributed by atoms with van der Waals surface area (Å²) in [6.07, 6.45) is 5.30. The molecule has 2 aromatic heterocycles. The predicted molar refractivity (Wildman–Crippen MR) is 97.6 cm³/mol. The highest BCUT2D eigenvalue weighted by Crippen LogP contribution is 2.33. The normalized spacial score (nSPS) is 24.3. The van der Waals surface area contributed by atoms with E-state index < -0.39 is 0 Å². The number of fused-ring (bicyclic) bond motifs is 3. The van der Waals surface area contributed by atoms with Gasteiger partial charge < -0.3 is 4.90 Å². The molecule has 0 saturated carbocycles. The quantitative estimate of drug-likeness (QED) is 0.841. The Labute approximate surface area is 148 Å². The summed E-state index contributed by atoms with van der Waals surface area (Å²) < 4.78 is 1.74. The van der Waals surface area contributed by atoms with E-state index in [1.165, 1.54) is 12.8 Å². The van der Waals surface area contributed by atoms with Gasteiger partial charge >= 0.3 is 0 Å². The van der Waals surface area contributed by atoms with Crippen LogP contribution in [0.25, 0.3) is 11.0 Å². The number of likely N-dealkylation sites (tertiary alicyclic amines) is 1. The van der Waals surface area contributed by atoms with Crippen LogP contribution < -0.4 is 0 Å². The van der Waals surface area contributed by atoms with E-state index in [4.69, 9.17) is 0 Å². The Bertz CT molecular complexity index is 811. The molecule has 0 aliphatic carbocycles. The molecule has 2 bridgehead atoms. The Morgan fingerprint density at radius 2 is 2.00 bits per heavy atom. The summed E-state index contributed by atoms with van der Waals surface area (Å²) in [6.45, 7) is 8.15. The van der Waals surface area contributed by atoms with Crippen LogP contribution in [0.4, 0.5) is 0 Å². The Balaban J connectivity index is 1.66. The minimum atomic E-state index is 0.125. The number of carbonyl (C=O) groups is 1. The first-order valence-corrected chi connectivity index (χ1v) is 9.31. The van der Waals surface area contributed by atoms with Gasteiger partial charge in [-0.15, -0.1) is 0 Å². The third-order valence-corrected chi connectivity index (χ3v) is 5.79. The number of hydrogen-bond acceptors (Lipinski definition) is 4.